The maximum Gasteiger partial charge on any atom is 0.368 e. The molecule has 2 rings (SSSR count). The summed E-state index contributed by atoms with van der Waals surface area (Å²) < 4.78 is 26.0. The number of fused-ring (bicyclic) bond motifs is 1. The number of carbonyl (C=O) groups excluding carboxylic acids is 3. The molecule has 2 aliphatic rings. The van der Waals surface area contributed by atoms with Gasteiger partial charge >= 0.3 is 17.2 Å². The van der Waals surface area contributed by atoms with E-state index in [0.717, 1.165) is 11.8 Å². The SMILES string of the molecule is CO[C@@H]1O[C@H](COC(C)=O)[C@@H]2SC(=O)O[C@@H]2[C@H]1OC(C)=O. The fourth-order valence-corrected chi connectivity index (χ4v) is 3.27. The van der Waals surface area contributed by atoms with Crippen LogP contribution in [0.1, 0.15) is 13.8 Å². The minimum Gasteiger partial charge on any atom is -0.463 e. The van der Waals surface area contributed by atoms with Gasteiger partial charge in [-0.3, -0.25) is 9.59 Å². The summed E-state index contributed by atoms with van der Waals surface area (Å²) in [5, 5.41) is -0.928. The largest absolute Gasteiger partial charge is 0.463 e. The summed E-state index contributed by atoms with van der Waals surface area (Å²) in [5.41, 5.74) is 0. The van der Waals surface area contributed by atoms with Crippen molar-refractivity contribution in [1.29, 1.82) is 0 Å². The Morgan fingerprint density at radius 1 is 1.29 bits per heavy atom. The Balaban J connectivity index is 2.16. The number of hydrogen-bond acceptors (Lipinski definition) is 9. The summed E-state index contributed by atoms with van der Waals surface area (Å²) in [7, 11) is 1.38. The highest BCUT2D eigenvalue weighted by Crippen LogP contribution is 2.40. The predicted octanol–water partition coefficient (Wildman–Crippen LogP) is 0.473. The third-order valence-electron chi connectivity index (χ3n) is 3.04. The number of methoxy groups -OCH3 is 1. The molecule has 0 bridgehead atoms. The van der Waals surface area contributed by atoms with Gasteiger partial charge in [-0.2, -0.15) is 0 Å². The van der Waals surface area contributed by atoms with Crippen LogP contribution in [0.4, 0.5) is 4.79 Å². The Morgan fingerprint density at radius 2 is 2.00 bits per heavy atom. The minimum absolute atomic E-state index is 0.0349. The lowest BCUT2D eigenvalue weighted by Crippen LogP contribution is -2.58. The molecular formula is C12H16O8S. The van der Waals surface area contributed by atoms with Gasteiger partial charge in [0, 0.05) is 21.0 Å². The van der Waals surface area contributed by atoms with Crippen LogP contribution in [0.5, 0.6) is 0 Å². The smallest absolute Gasteiger partial charge is 0.368 e. The average Bonchev–Trinajstić information content (AvgIpc) is 2.78. The lowest BCUT2D eigenvalue weighted by atomic mass is 10.0. The molecule has 2 saturated heterocycles. The minimum atomic E-state index is -0.901. The second-order valence-electron chi connectivity index (χ2n) is 4.57. The van der Waals surface area contributed by atoms with Gasteiger partial charge in [-0.25, -0.2) is 4.79 Å². The van der Waals surface area contributed by atoms with Crippen molar-refractivity contribution < 1.29 is 38.1 Å². The zero-order valence-corrected chi connectivity index (χ0v) is 12.6. The number of carbonyl (C=O) groups is 3. The van der Waals surface area contributed by atoms with Crippen molar-refractivity contribution in [2.75, 3.05) is 13.7 Å². The summed E-state index contributed by atoms with van der Waals surface area (Å²) in [6.07, 6.45) is -3.05. The molecular weight excluding hydrogens is 304 g/mol. The summed E-state index contributed by atoms with van der Waals surface area (Å²) in [5.74, 6) is -0.989. The van der Waals surface area contributed by atoms with Crippen molar-refractivity contribution >= 4 is 29.0 Å². The van der Waals surface area contributed by atoms with Gasteiger partial charge in [-0.15, -0.1) is 0 Å². The molecule has 21 heavy (non-hydrogen) atoms. The van der Waals surface area contributed by atoms with Crippen LogP contribution in [0.3, 0.4) is 0 Å². The molecule has 118 valence electrons. The van der Waals surface area contributed by atoms with Crippen LogP contribution in [0.15, 0.2) is 0 Å². The standard InChI is InChI=1S/C12H16O8S/c1-5(13)17-4-7-10-8(20-12(15)21-10)9(18-6(2)14)11(16-3)19-7/h7-11H,4H2,1-3H3/t7-,8-,9-,10+,11-/m1/s1. The zero-order chi connectivity index (χ0) is 15.6. The van der Waals surface area contributed by atoms with E-state index in [1.165, 1.54) is 21.0 Å². The topological polar surface area (TPSA) is 97.4 Å². The van der Waals surface area contributed by atoms with Crippen LogP contribution in [0.25, 0.3) is 0 Å². The third-order valence-corrected chi connectivity index (χ3v) is 4.17. The lowest BCUT2D eigenvalue weighted by Gasteiger charge is -2.40. The Kier molecular flexibility index (Phi) is 5.07. The molecule has 0 saturated carbocycles. The molecule has 0 N–H and O–H groups in total. The van der Waals surface area contributed by atoms with E-state index in [1.807, 2.05) is 0 Å². The zero-order valence-electron chi connectivity index (χ0n) is 11.8. The van der Waals surface area contributed by atoms with Crippen molar-refractivity contribution in [3.05, 3.63) is 0 Å². The number of hydrogen-bond donors (Lipinski definition) is 0. The van der Waals surface area contributed by atoms with Gasteiger partial charge in [-0.1, -0.05) is 0 Å². The van der Waals surface area contributed by atoms with Crippen LogP contribution < -0.4 is 0 Å². The van der Waals surface area contributed by atoms with E-state index in [-0.39, 0.29) is 6.61 Å². The second kappa shape index (κ2) is 6.63. The molecule has 2 fully saturated rings. The Bertz CT molecular complexity index is 439. The maximum atomic E-state index is 11.5. The fourth-order valence-electron chi connectivity index (χ4n) is 2.25. The molecule has 2 aliphatic heterocycles. The van der Waals surface area contributed by atoms with E-state index in [2.05, 4.69) is 0 Å². The Labute approximate surface area is 125 Å². The van der Waals surface area contributed by atoms with Crippen LogP contribution in [-0.2, 0) is 33.3 Å². The van der Waals surface area contributed by atoms with Gasteiger partial charge in [0.15, 0.2) is 18.5 Å². The van der Waals surface area contributed by atoms with Crippen LogP contribution in [0.2, 0.25) is 0 Å². The highest BCUT2D eigenvalue weighted by Gasteiger charge is 2.55. The lowest BCUT2D eigenvalue weighted by molar-refractivity contribution is -0.263. The molecule has 0 spiro atoms. The normalized spacial score (nSPS) is 34.8. The molecule has 0 radical (unpaired) electrons. The van der Waals surface area contributed by atoms with Gasteiger partial charge in [0.25, 0.3) is 0 Å². The molecule has 0 amide bonds. The van der Waals surface area contributed by atoms with E-state index < -0.39 is 47.1 Å². The summed E-state index contributed by atoms with van der Waals surface area (Å²) >= 11 is 0.928. The first-order chi connectivity index (χ1) is 9.92. The molecule has 0 aromatic carbocycles. The van der Waals surface area contributed by atoms with Crippen LogP contribution in [-0.4, -0.2) is 60.8 Å². The average molecular weight is 320 g/mol. The summed E-state index contributed by atoms with van der Waals surface area (Å²) in [6.45, 7) is 2.49. The molecule has 0 unspecified atom stereocenters. The monoisotopic (exact) mass is 320 g/mol. The molecule has 9 heteroatoms. The van der Waals surface area contributed by atoms with Crippen molar-refractivity contribution in [2.45, 2.75) is 43.7 Å². The quantitative estimate of drug-likeness (QED) is 0.541. The van der Waals surface area contributed by atoms with Gasteiger partial charge in [0.1, 0.15) is 12.7 Å². The number of thioether (sulfide) groups is 1. The number of rotatable bonds is 4. The highest BCUT2D eigenvalue weighted by atomic mass is 32.2. The Morgan fingerprint density at radius 3 is 2.57 bits per heavy atom. The summed E-state index contributed by atoms with van der Waals surface area (Å²) in [6, 6.07) is 0. The summed E-state index contributed by atoms with van der Waals surface area (Å²) in [4.78, 5) is 33.6. The fraction of sp³-hybridized carbons (Fsp3) is 0.750. The molecule has 8 nitrogen and oxygen atoms in total. The predicted molar refractivity (Wildman–Crippen MR) is 69.5 cm³/mol. The number of esters is 2. The van der Waals surface area contributed by atoms with Crippen molar-refractivity contribution in [1.82, 2.24) is 0 Å². The van der Waals surface area contributed by atoms with Crippen molar-refractivity contribution in [2.24, 2.45) is 0 Å². The van der Waals surface area contributed by atoms with Gasteiger partial charge in [-0.05, 0) is 11.8 Å². The van der Waals surface area contributed by atoms with Crippen LogP contribution >= 0.6 is 11.8 Å². The Hall–Kier alpha value is -1.32. The number of ether oxygens (including phenoxy) is 5. The first-order valence-electron chi connectivity index (χ1n) is 6.28. The molecule has 0 aromatic heterocycles. The van der Waals surface area contributed by atoms with E-state index in [1.54, 1.807) is 0 Å². The molecule has 0 aromatic rings. The van der Waals surface area contributed by atoms with Crippen LogP contribution in [0, 0.1) is 0 Å². The highest BCUT2D eigenvalue weighted by molar-refractivity contribution is 8.14. The van der Waals surface area contributed by atoms with E-state index in [0.29, 0.717) is 0 Å². The molecule has 2 heterocycles. The van der Waals surface area contributed by atoms with E-state index >= 15 is 0 Å². The van der Waals surface area contributed by atoms with Gasteiger partial charge < -0.3 is 23.7 Å². The van der Waals surface area contributed by atoms with Crippen molar-refractivity contribution in [3.63, 3.8) is 0 Å². The van der Waals surface area contributed by atoms with E-state index in [9.17, 15) is 14.4 Å². The second-order valence-corrected chi connectivity index (χ2v) is 5.68. The third kappa shape index (κ3) is 3.66. The first kappa shape index (κ1) is 16.1. The van der Waals surface area contributed by atoms with Gasteiger partial charge in [0.2, 0.25) is 0 Å². The molecule has 5 atom stereocenters. The van der Waals surface area contributed by atoms with Crippen molar-refractivity contribution in [3.8, 4) is 0 Å². The van der Waals surface area contributed by atoms with E-state index in [4.69, 9.17) is 23.7 Å². The maximum absolute atomic E-state index is 11.5. The first-order valence-corrected chi connectivity index (χ1v) is 7.16. The molecule has 0 aliphatic carbocycles. The van der Waals surface area contributed by atoms with Gasteiger partial charge in [0.05, 0.1) is 5.25 Å².